The van der Waals surface area contributed by atoms with Crippen molar-refractivity contribution >= 4 is 45.5 Å². The molecule has 1 aliphatic heterocycles. The number of rotatable bonds is 16. The number of ether oxygens (including phenoxy) is 4. The first-order valence-electron chi connectivity index (χ1n) is 19.1. The number of likely N-dealkylation sites (tertiary alicyclic amines) is 1. The summed E-state index contributed by atoms with van der Waals surface area (Å²) in [6.45, 7) is 9.74. The highest BCUT2D eigenvalue weighted by atomic mass is 32.2. The number of benzene rings is 4. The second-order valence-corrected chi connectivity index (χ2v) is 16.6. The number of hydrogen-bond donors (Lipinski definition) is 3. The molecule has 2 atom stereocenters. The minimum absolute atomic E-state index is 0.0946. The minimum atomic E-state index is -3.79. The fourth-order valence-electron chi connectivity index (χ4n) is 6.45. The van der Waals surface area contributed by atoms with E-state index in [2.05, 4.69) is 21.2 Å². The van der Waals surface area contributed by atoms with E-state index in [9.17, 15) is 22.8 Å². The van der Waals surface area contributed by atoms with E-state index in [1.807, 2.05) is 51.1 Å². The standard InChI is InChI=1S/C43H51N5O9S/c1-7-55-38-24-32(17-21-37(38)57-28(2)3)40(45-33-18-15-30(16-19-33)26-44-47-43(51)56-27-31-12-9-8-10-13-31)41(49)48-23-11-14-36(48)35-25-34(46-42(50)54-6)20-22-39(35)58(52,53)29(4)5/h8-10,12-13,15-22,24-26,28-29,36,40,45H,7,11,14,23,27H2,1-6H3,(H,46,50)(H,47,51)/t36-,40-/m1/s1. The van der Waals surface area contributed by atoms with Crippen LogP contribution < -0.4 is 25.5 Å². The van der Waals surface area contributed by atoms with Gasteiger partial charge in [0.1, 0.15) is 12.6 Å². The third kappa shape index (κ3) is 11.1. The Balaban J connectivity index is 1.45. The van der Waals surface area contributed by atoms with Crippen molar-refractivity contribution in [2.75, 3.05) is 30.9 Å². The fourth-order valence-corrected chi connectivity index (χ4v) is 7.74. The van der Waals surface area contributed by atoms with Gasteiger partial charge in [0.15, 0.2) is 21.3 Å². The van der Waals surface area contributed by atoms with Crippen molar-refractivity contribution in [3.8, 4) is 11.5 Å². The third-order valence-corrected chi connectivity index (χ3v) is 11.5. The van der Waals surface area contributed by atoms with Crippen LogP contribution in [0.4, 0.5) is 21.0 Å². The van der Waals surface area contributed by atoms with Crippen molar-refractivity contribution in [2.24, 2.45) is 5.10 Å². The normalized spacial score (nSPS) is 14.6. The summed E-state index contributed by atoms with van der Waals surface area (Å²) in [7, 11) is -2.55. The van der Waals surface area contributed by atoms with Gasteiger partial charge in [0, 0.05) is 17.9 Å². The second-order valence-electron chi connectivity index (χ2n) is 14.1. The lowest BCUT2D eigenvalue weighted by Gasteiger charge is -2.32. The molecule has 308 valence electrons. The Hall–Kier alpha value is -6.09. The second kappa shape index (κ2) is 19.9. The van der Waals surface area contributed by atoms with E-state index in [4.69, 9.17) is 18.9 Å². The smallest absolute Gasteiger partial charge is 0.428 e. The molecule has 0 bridgehead atoms. The van der Waals surface area contributed by atoms with Crippen LogP contribution in [-0.2, 0) is 30.7 Å². The zero-order valence-corrected chi connectivity index (χ0v) is 34.4. The molecule has 0 unspecified atom stereocenters. The molecule has 3 amide bonds. The van der Waals surface area contributed by atoms with Crippen LogP contribution in [0.5, 0.6) is 11.5 Å². The van der Waals surface area contributed by atoms with Crippen molar-refractivity contribution in [1.29, 1.82) is 0 Å². The number of hydrogen-bond acceptors (Lipinski definition) is 11. The number of nitrogens with zero attached hydrogens (tertiary/aromatic N) is 2. The van der Waals surface area contributed by atoms with Crippen LogP contribution in [0.15, 0.2) is 101 Å². The van der Waals surface area contributed by atoms with Crippen LogP contribution in [0.3, 0.4) is 0 Å². The first kappa shape index (κ1) is 43.0. The molecule has 14 nitrogen and oxygen atoms in total. The van der Waals surface area contributed by atoms with Crippen molar-refractivity contribution < 1.29 is 41.7 Å². The molecule has 0 aromatic heterocycles. The molecular formula is C43H51N5O9S. The summed E-state index contributed by atoms with van der Waals surface area (Å²) in [4.78, 5) is 41.0. The van der Waals surface area contributed by atoms with E-state index < -0.39 is 39.4 Å². The maximum atomic E-state index is 15.0. The number of sulfone groups is 1. The number of carbonyl (C=O) groups excluding carboxylic acids is 3. The third-order valence-electron chi connectivity index (χ3n) is 9.28. The van der Waals surface area contributed by atoms with E-state index in [1.165, 1.54) is 25.5 Å². The van der Waals surface area contributed by atoms with Gasteiger partial charge in [0.25, 0.3) is 0 Å². The van der Waals surface area contributed by atoms with Gasteiger partial charge in [-0.2, -0.15) is 5.10 Å². The van der Waals surface area contributed by atoms with Gasteiger partial charge in [-0.1, -0.05) is 48.5 Å². The van der Waals surface area contributed by atoms with E-state index in [0.29, 0.717) is 65.6 Å². The van der Waals surface area contributed by atoms with Crippen molar-refractivity contribution in [3.05, 3.63) is 113 Å². The lowest BCUT2D eigenvalue weighted by Crippen LogP contribution is -2.38. The Morgan fingerprint density at radius 2 is 1.62 bits per heavy atom. The molecule has 1 saturated heterocycles. The molecule has 1 aliphatic rings. The fraction of sp³-hybridized carbons (Fsp3) is 0.349. The summed E-state index contributed by atoms with van der Waals surface area (Å²) in [5.41, 5.74) is 5.82. The number of hydrazone groups is 1. The van der Waals surface area contributed by atoms with Gasteiger partial charge in [-0.15, -0.1) is 0 Å². The first-order chi connectivity index (χ1) is 27.8. The zero-order valence-electron chi connectivity index (χ0n) is 33.6. The SMILES string of the molecule is CCOc1cc([C@@H](Nc2ccc(C=NNC(=O)OCc3ccccc3)cc2)C(=O)N2CCC[C@@H]2c2cc(NC(=O)OC)ccc2S(=O)(=O)C(C)C)ccc1OC(C)C. The van der Waals surface area contributed by atoms with E-state index >= 15 is 0 Å². The van der Waals surface area contributed by atoms with Crippen molar-refractivity contribution in [3.63, 3.8) is 0 Å². The van der Waals surface area contributed by atoms with Gasteiger partial charge in [0.05, 0.1) is 42.2 Å². The lowest BCUT2D eigenvalue weighted by atomic mass is 10.0. The molecule has 15 heteroatoms. The van der Waals surface area contributed by atoms with Crippen LogP contribution in [0.2, 0.25) is 0 Å². The van der Waals surface area contributed by atoms with Gasteiger partial charge >= 0.3 is 12.2 Å². The average molecular weight is 814 g/mol. The maximum Gasteiger partial charge on any atom is 0.428 e. The van der Waals surface area contributed by atoms with Crippen molar-refractivity contribution in [2.45, 2.75) is 82.4 Å². The number of amides is 3. The maximum absolute atomic E-state index is 15.0. The number of anilines is 2. The largest absolute Gasteiger partial charge is 0.490 e. The molecule has 0 spiro atoms. The Bertz CT molecular complexity index is 2180. The predicted octanol–water partition coefficient (Wildman–Crippen LogP) is 8.01. The van der Waals surface area contributed by atoms with E-state index in [-0.39, 0.29) is 23.5 Å². The highest BCUT2D eigenvalue weighted by Crippen LogP contribution is 2.41. The van der Waals surface area contributed by atoms with Crippen LogP contribution in [0.25, 0.3) is 0 Å². The van der Waals surface area contributed by atoms with Gasteiger partial charge in [0.2, 0.25) is 5.91 Å². The molecule has 1 heterocycles. The Kier molecular flexibility index (Phi) is 14.7. The number of methoxy groups -OCH3 is 1. The molecule has 4 aromatic carbocycles. The van der Waals surface area contributed by atoms with Crippen LogP contribution in [0, 0.1) is 0 Å². The molecule has 0 aliphatic carbocycles. The molecule has 1 fully saturated rings. The van der Waals surface area contributed by atoms with Crippen LogP contribution >= 0.6 is 0 Å². The summed E-state index contributed by atoms with van der Waals surface area (Å²) < 4.78 is 49.4. The summed E-state index contributed by atoms with van der Waals surface area (Å²) >= 11 is 0. The molecule has 5 rings (SSSR count). The lowest BCUT2D eigenvalue weighted by molar-refractivity contribution is -0.133. The molecule has 0 radical (unpaired) electrons. The Morgan fingerprint density at radius 1 is 0.897 bits per heavy atom. The van der Waals surface area contributed by atoms with Gasteiger partial charge in [-0.3, -0.25) is 10.1 Å². The predicted molar refractivity (Wildman–Crippen MR) is 222 cm³/mol. The van der Waals surface area contributed by atoms with Gasteiger partial charge in [-0.05, 0) is 112 Å². The quantitative estimate of drug-likeness (QED) is 0.0743. The Morgan fingerprint density at radius 3 is 2.29 bits per heavy atom. The topological polar surface area (TPSA) is 174 Å². The highest BCUT2D eigenvalue weighted by Gasteiger charge is 2.38. The van der Waals surface area contributed by atoms with E-state index in [0.717, 1.165) is 5.56 Å². The zero-order chi connectivity index (χ0) is 41.8. The minimum Gasteiger partial charge on any atom is -0.490 e. The average Bonchev–Trinajstić information content (AvgIpc) is 3.70. The van der Waals surface area contributed by atoms with E-state index in [1.54, 1.807) is 67.3 Å². The van der Waals surface area contributed by atoms with Gasteiger partial charge < -0.3 is 29.2 Å². The molecule has 58 heavy (non-hydrogen) atoms. The molecular weight excluding hydrogens is 763 g/mol. The molecule has 3 N–H and O–H groups in total. The summed E-state index contributed by atoms with van der Waals surface area (Å²) in [6, 6.07) is 24.8. The summed E-state index contributed by atoms with van der Waals surface area (Å²) in [5, 5.41) is 9.30. The molecule has 4 aromatic rings. The summed E-state index contributed by atoms with van der Waals surface area (Å²) in [6.07, 6.45) is 1.05. The summed E-state index contributed by atoms with van der Waals surface area (Å²) in [5.74, 6) is 0.704. The number of nitrogens with one attached hydrogen (secondary N) is 3. The number of carbonyl (C=O) groups is 3. The highest BCUT2D eigenvalue weighted by molar-refractivity contribution is 7.92. The van der Waals surface area contributed by atoms with Crippen LogP contribution in [0.1, 0.15) is 81.8 Å². The first-order valence-corrected chi connectivity index (χ1v) is 20.7. The Labute approximate surface area is 339 Å². The van der Waals surface area contributed by atoms with Crippen LogP contribution in [-0.4, -0.2) is 69.2 Å². The molecule has 0 saturated carbocycles. The monoisotopic (exact) mass is 813 g/mol. The van der Waals surface area contributed by atoms with Crippen molar-refractivity contribution in [1.82, 2.24) is 10.3 Å². The van der Waals surface area contributed by atoms with Gasteiger partial charge in [-0.25, -0.2) is 23.4 Å².